The maximum Gasteiger partial charge on any atom is 0.132 e. The summed E-state index contributed by atoms with van der Waals surface area (Å²) in [5, 5.41) is 1.03. The first-order valence-corrected chi connectivity index (χ1v) is 7.72. The van der Waals surface area contributed by atoms with Gasteiger partial charge >= 0.3 is 0 Å². The first kappa shape index (κ1) is 16.2. The standard InChI is InChI=1S/C16H21Cl2N3/c1-9(2)15-20-13(14(19)21(15)16(3,4)5)10-6-7-11(17)12(18)8-10/h6-9H,19H2,1-5H3. The number of nitrogens with two attached hydrogens (primary N) is 1. The molecule has 0 spiro atoms. The summed E-state index contributed by atoms with van der Waals surface area (Å²) in [6, 6.07) is 5.47. The third kappa shape index (κ3) is 3.04. The van der Waals surface area contributed by atoms with Crippen LogP contribution in [0.5, 0.6) is 0 Å². The molecule has 21 heavy (non-hydrogen) atoms. The molecule has 0 bridgehead atoms. The van der Waals surface area contributed by atoms with E-state index in [4.69, 9.17) is 33.9 Å². The van der Waals surface area contributed by atoms with Gasteiger partial charge in [-0.15, -0.1) is 0 Å². The van der Waals surface area contributed by atoms with Crippen LogP contribution in [0.25, 0.3) is 11.3 Å². The molecule has 1 heterocycles. The van der Waals surface area contributed by atoms with Gasteiger partial charge in [0.05, 0.1) is 10.0 Å². The Morgan fingerprint density at radius 3 is 2.19 bits per heavy atom. The number of halogens is 2. The van der Waals surface area contributed by atoms with Gasteiger partial charge in [0.15, 0.2) is 0 Å². The van der Waals surface area contributed by atoms with Crippen molar-refractivity contribution in [2.75, 3.05) is 5.73 Å². The number of nitrogens with zero attached hydrogens (tertiary/aromatic N) is 2. The summed E-state index contributed by atoms with van der Waals surface area (Å²) in [6.45, 7) is 10.6. The van der Waals surface area contributed by atoms with Gasteiger partial charge in [-0.3, -0.25) is 0 Å². The van der Waals surface area contributed by atoms with E-state index in [1.54, 1.807) is 12.1 Å². The predicted octanol–water partition coefficient (Wildman–Crippen LogP) is 5.32. The van der Waals surface area contributed by atoms with Crippen molar-refractivity contribution in [3.05, 3.63) is 34.1 Å². The van der Waals surface area contributed by atoms with Crippen molar-refractivity contribution in [3.63, 3.8) is 0 Å². The van der Waals surface area contributed by atoms with Crippen molar-refractivity contribution in [1.29, 1.82) is 0 Å². The highest BCUT2D eigenvalue weighted by Gasteiger charge is 2.26. The second kappa shape index (κ2) is 5.54. The number of aromatic nitrogens is 2. The summed E-state index contributed by atoms with van der Waals surface area (Å²) in [7, 11) is 0. The predicted molar refractivity (Wildman–Crippen MR) is 91.2 cm³/mol. The minimum absolute atomic E-state index is 0.134. The van der Waals surface area contributed by atoms with Gasteiger partial charge in [-0.1, -0.05) is 43.1 Å². The lowest BCUT2D eigenvalue weighted by molar-refractivity contribution is 0.382. The lowest BCUT2D eigenvalue weighted by Gasteiger charge is -2.26. The van der Waals surface area contributed by atoms with Crippen LogP contribution in [0.1, 0.15) is 46.4 Å². The molecule has 0 saturated heterocycles. The molecule has 0 aliphatic carbocycles. The summed E-state index contributed by atoms with van der Waals surface area (Å²) < 4.78 is 2.09. The maximum atomic E-state index is 6.37. The molecule has 5 heteroatoms. The van der Waals surface area contributed by atoms with Gasteiger partial charge in [-0.2, -0.15) is 0 Å². The molecule has 0 fully saturated rings. The first-order chi connectivity index (χ1) is 9.62. The summed E-state index contributed by atoms with van der Waals surface area (Å²) in [5.74, 6) is 1.91. The van der Waals surface area contributed by atoms with Gasteiger partial charge < -0.3 is 10.3 Å². The second-order valence-corrected chi connectivity index (χ2v) is 7.31. The number of hydrogen-bond donors (Lipinski definition) is 1. The zero-order valence-corrected chi connectivity index (χ0v) is 14.5. The van der Waals surface area contributed by atoms with Gasteiger partial charge in [0.1, 0.15) is 17.3 Å². The normalized spacial score (nSPS) is 12.2. The molecule has 2 aromatic rings. The molecule has 0 atom stereocenters. The number of nitrogen functional groups attached to an aromatic ring is 1. The Balaban J connectivity index is 2.68. The summed E-state index contributed by atoms with van der Waals surface area (Å²) in [5.41, 5.74) is 7.88. The number of anilines is 1. The Morgan fingerprint density at radius 2 is 1.76 bits per heavy atom. The smallest absolute Gasteiger partial charge is 0.132 e. The van der Waals surface area contributed by atoms with Crippen LogP contribution in [0.3, 0.4) is 0 Å². The average Bonchev–Trinajstić information content (AvgIpc) is 2.70. The fraction of sp³-hybridized carbons (Fsp3) is 0.438. The number of imidazole rings is 1. The molecule has 2 N–H and O–H groups in total. The van der Waals surface area contributed by atoms with E-state index in [2.05, 4.69) is 39.2 Å². The van der Waals surface area contributed by atoms with E-state index in [-0.39, 0.29) is 11.5 Å². The molecule has 0 radical (unpaired) electrons. The van der Waals surface area contributed by atoms with E-state index in [0.29, 0.717) is 15.9 Å². The fourth-order valence-electron chi connectivity index (χ4n) is 2.40. The van der Waals surface area contributed by atoms with Crippen molar-refractivity contribution >= 4 is 29.0 Å². The van der Waals surface area contributed by atoms with Crippen LogP contribution in [0.2, 0.25) is 10.0 Å². The van der Waals surface area contributed by atoms with Crippen LogP contribution in [0.4, 0.5) is 5.82 Å². The molecule has 0 unspecified atom stereocenters. The zero-order chi connectivity index (χ0) is 15.9. The Hall–Kier alpha value is -1.19. The largest absolute Gasteiger partial charge is 0.383 e. The van der Waals surface area contributed by atoms with Crippen LogP contribution in [-0.2, 0) is 5.54 Å². The first-order valence-electron chi connectivity index (χ1n) is 6.97. The van der Waals surface area contributed by atoms with Crippen molar-refractivity contribution in [3.8, 4) is 11.3 Å². The summed E-state index contributed by atoms with van der Waals surface area (Å²) >= 11 is 12.1. The van der Waals surface area contributed by atoms with Crippen molar-refractivity contribution in [1.82, 2.24) is 9.55 Å². The Bertz CT molecular complexity index is 667. The van der Waals surface area contributed by atoms with Crippen LogP contribution in [0, 0.1) is 0 Å². The lowest BCUT2D eigenvalue weighted by atomic mass is 10.1. The monoisotopic (exact) mass is 325 g/mol. The Morgan fingerprint density at radius 1 is 1.14 bits per heavy atom. The third-order valence-corrected chi connectivity index (χ3v) is 4.06. The SMILES string of the molecule is CC(C)c1nc(-c2ccc(Cl)c(Cl)c2)c(N)n1C(C)(C)C. The average molecular weight is 326 g/mol. The van der Waals surface area contributed by atoms with Gasteiger partial charge in [0.2, 0.25) is 0 Å². The number of hydrogen-bond acceptors (Lipinski definition) is 2. The quantitative estimate of drug-likeness (QED) is 0.812. The second-order valence-electron chi connectivity index (χ2n) is 6.49. The third-order valence-electron chi connectivity index (χ3n) is 3.32. The van der Waals surface area contributed by atoms with Gasteiger partial charge in [0, 0.05) is 17.0 Å². The minimum Gasteiger partial charge on any atom is -0.383 e. The van der Waals surface area contributed by atoms with E-state index < -0.39 is 0 Å². The number of benzene rings is 1. The van der Waals surface area contributed by atoms with E-state index >= 15 is 0 Å². The van der Waals surface area contributed by atoms with Gasteiger partial charge in [0.25, 0.3) is 0 Å². The van der Waals surface area contributed by atoms with Crippen molar-refractivity contribution in [2.45, 2.75) is 46.1 Å². The summed E-state index contributed by atoms with van der Waals surface area (Å²) in [6.07, 6.45) is 0. The molecule has 0 saturated carbocycles. The summed E-state index contributed by atoms with van der Waals surface area (Å²) in [4.78, 5) is 4.75. The molecule has 1 aromatic carbocycles. The van der Waals surface area contributed by atoms with Crippen LogP contribution < -0.4 is 5.73 Å². The minimum atomic E-state index is -0.134. The highest BCUT2D eigenvalue weighted by Crippen LogP contribution is 2.36. The molecule has 0 aliphatic heterocycles. The highest BCUT2D eigenvalue weighted by molar-refractivity contribution is 6.42. The fourth-order valence-corrected chi connectivity index (χ4v) is 2.70. The van der Waals surface area contributed by atoms with E-state index in [0.717, 1.165) is 17.1 Å². The van der Waals surface area contributed by atoms with Gasteiger partial charge in [-0.25, -0.2) is 4.98 Å². The molecule has 0 aliphatic rings. The number of rotatable bonds is 2. The zero-order valence-electron chi connectivity index (χ0n) is 13.0. The van der Waals surface area contributed by atoms with E-state index in [1.165, 1.54) is 0 Å². The maximum absolute atomic E-state index is 6.37. The Labute approximate surface area is 136 Å². The molecule has 114 valence electrons. The molecular formula is C16H21Cl2N3. The topological polar surface area (TPSA) is 43.8 Å². The Kier molecular flexibility index (Phi) is 4.27. The van der Waals surface area contributed by atoms with E-state index in [1.807, 2.05) is 6.07 Å². The van der Waals surface area contributed by atoms with Gasteiger partial charge in [-0.05, 0) is 32.9 Å². The van der Waals surface area contributed by atoms with E-state index in [9.17, 15) is 0 Å². The lowest BCUT2D eigenvalue weighted by Crippen LogP contribution is -2.26. The van der Waals surface area contributed by atoms with Crippen LogP contribution in [0.15, 0.2) is 18.2 Å². The molecule has 0 amide bonds. The van der Waals surface area contributed by atoms with Crippen LogP contribution in [-0.4, -0.2) is 9.55 Å². The van der Waals surface area contributed by atoms with Crippen molar-refractivity contribution < 1.29 is 0 Å². The van der Waals surface area contributed by atoms with Crippen LogP contribution >= 0.6 is 23.2 Å². The highest BCUT2D eigenvalue weighted by atomic mass is 35.5. The molecule has 1 aromatic heterocycles. The molecule has 2 rings (SSSR count). The molecular weight excluding hydrogens is 305 g/mol. The van der Waals surface area contributed by atoms with Crippen molar-refractivity contribution in [2.24, 2.45) is 0 Å². The molecule has 3 nitrogen and oxygen atoms in total.